The molecule has 1 amide bonds. The highest BCUT2D eigenvalue weighted by atomic mass is 16.1. The van der Waals surface area contributed by atoms with Crippen molar-refractivity contribution in [2.24, 2.45) is 5.92 Å². The van der Waals surface area contributed by atoms with E-state index < -0.39 is 0 Å². The normalized spacial score (nSPS) is 15.3. The second kappa shape index (κ2) is 4.04. The largest absolute Gasteiger partial charge is 0.354 e. The van der Waals surface area contributed by atoms with E-state index in [1.807, 2.05) is 18.4 Å². The van der Waals surface area contributed by atoms with Crippen LogP contribution in [0.2, 0.25) is 0 Å². The molecule has 0 aliphatic heterocycles. The van der Waals surface area contributed by atoms with Crippen LogP contribution in [0.4, 0.5) is 0 Å². The molecular formula is C11H17N3O. The highest BCUT2D eigenvalue weighted by molar-refractivity contribution is 5.75. The lowest BCUT2D eigenvalue weighted by molar-refractivity contribution is -0.121. The first-order valence-electron chi connectivity index (χ1n) is 5.42. The molecule has 0 spiro atoms. The molecule has 1 aliphatic carbocycles. The topological polar surface area (TPSA) is 46.9 Å². The number of rotatable bonds is 4. The van der Waals surface area contributed by atoms with Crippen LogP contribution >= 0.6 is 0 Å². The van der Waals surface area contributed by atoms with Gasteiger partial charge in [-0.25, -0.2) is 4.98 Å². The second-order valence-corrected chi connectivity index (χ2v) is 4.29. The van der Waals surface area contributed by atoms with Gasteiger partial charge in [-0.1, -0.05) is 0 Å². The molecule has 1 aromatic heterocycles. The summed E-state index contributed by atoms with van der Waals surface area (Å²) < 4.78 is 1.89. The maximum atomic E-state index is 11.5. The molecule has 4 nitrogen and oxygen atoms in total. The van der Waals surface area contributed by atoms with E-state index in [1.54, 1.807) is 6.33 Å². The first-order chi connectivity index (χ1) is 7.16. The van der Waals surface area contributed by atoms with Gasteiger partial charge in [0.05, 0.1) is 12.0 Å². The van der Waals surface area contributed by atoms with E-state index in [4.69, 9.17) is 0 Å². The Balaban J connectivity index is 1.84. The highest BCUT2D eigenvalue weighted by Crippen LogP contribution is 2.27. The lowest BCUT2D eigenvalue weighted by atomic mass is 10.3. The average molecular weight is 207 g/mol. The van der Waals surface area contributed by atoms with E-state index in [0.29, 0.717) is 6.54 Å². The van der Waals surface area contributed by atoms with Crippen LogP contribution in [0.5, 0.6) is 0 Å². The minimum atomic E-state index is 0.0856. The molecule has 82 valence electrons. The number of imidazole rings is 1. The van der Waals surface area contributed by atoms with Crippen molar-refractivity contribution in [2.75, 3.05) is 6.54 Å². The predicted molar refractivity (Wildman–Crippen MR) is 57.4 cm³/mol. The zero-order valence-electron chi connectivity index (χ0n) is 9.29. The number of carbonyl (C=O) groups excluding carboxylic acids is 1. The zero-order chi connectivity index (χ0) is 10.8. The molecule has 0 saturated heterocycles. The van der Waals surface area contributed by atoms with E-state index in [2.05, 4.69) is 10.3 Å². The van der Waals surface area contributed by atoms with Crippen LogP contribution in [0.1, 0.15) is 24.2 Å². The van der Waals surface area contributed by atoms with Crippen LogP contribution in [0.15, 0.2) is 6.33 Å². The number of nitrogens with one attached hydrogen (secondary N) is 1. The molecule has 2 rings (SSSR count). The Hall–Kier alpha value is -1.32. The molecule has 0 bridgehead atoms. The molecule has 15 heavy (non-hydrogen) atoms. The van der Waals surface area contributed by atoms with Crippen LogP contribution in [-0.2, 0) is 11.3 Å². The first-order valence-corrected chi connectivity index (χ1v) is 5.42. The van der Waals surface area contributed by atoms with E-state index in [0.717, 1.165) is 23.9 Å². The number of amides is 1. The van der Waals surface area contributed by atoms with Gasteiger partial charge >= 0.3 is 0 Å². The van der Waals surface area contributed by atoms with Crippen LogP contribution in [0.25, 0.3) is 0 Å². The molecule has 0 atom stereocenters. The van der Waals surface area contributed by atoms with Gasteiger partial charge in [-0.05, 0) is 32.6 Å². The summed E-state index contributed by atoms with van der Waals surface area (Å²) in [7, 11) is 0. The fraction of sp³-hybridized carbons (Fsp3) is 0.636. The van der Waals surface area contributed by atoms with Gasteiger partial charge in [0.1, 0.15) is 6.54 Å². The molecular weight excluding hydrogens is 190 g/mol. The van der Waals surface area contributed by atoms with Crippen molar-refractivity contribution in [3.05, 3.63) is 17.7 Å². The molecule has 1 fully saturated rings. The van der Waals surface area contributed by atoms with Crippen molar-refractivity contribution in [2.45, 2.75) is 33.2 Å². The number of carbonyl (C=O) groups is 1. The molecule has 1 saturated carbocycles. The van der Waals surface area contributed by atoms with Gasteiger partial charge in [-0.15, -0.1) is 0 Å². The second-order valence-electron chi connectivity index (χ2n) is 4.29. The molecule has 0 radical (unpaired) electrons. The van der Waals surface area contributed by atoms with Gasteiger partial charge in [0.15, 0.2) is 0 Å². The van der Waals surface area contributed by atoms with Gasteiger partial charge in [0.25, 0.3) is 0 Å². The van der Waals surface area contributed by atoms with E-state index in [9.17, 15) is 4.79 Å². The summed E-state index contributed by atoms with van der Waals surface area (Å²) in [6.45, 7) is 5.16. The van der Waals surface area contributed by atoms with Crippen LogP contribution in [-0.4, -0.2) is 22.0 Å². The SMILES string of the molecule is Cc1ncn(CC(=O)NCC2CC2)c1C. The third-order valence-corrected chi connectivity index (χ3v) is 2.94. The van der Waals surface area contributed by atoms with E-state index in [-0.39, 0.29) is 5.91 Å². The Morgan fingerprint density at radius 1 is 1.60 bits per heavy atom. The number of hydrogen-bond donors (Lipinski definition) is 1. The fourth-order valence-corrected chi connectivity index (χ4v) is 1.49. The van der Waals surface area contributed by atoms with Gasteiger partial charge in [0.2, 0.25) is 5.91 Å². The van der Waals surface area contributed by atoms with Gasteiger partial charge in [-0.2, -0.15) is 0 Å². The molecule has 0 aromatic carbocycles. The third-order valence-electron chi connectivity index (χ3n) is 2.94. The molecule has 1 N–H and O–H groups in total. The maximum Gasteiger partial charge on any atom is 0.239 e. The smallest absolute Gasteiger partial charge is 0.239 e. The number of hydrogen-bond acceptors (Lipinski definition) is 2. The Labute approximate surface area is 89.7 Å². The molecule has 0 unspecified atom stereocenters. The Bertz CT molecular complexity index is 366. The minimum Gasteiger partial charge on any atom is -0.354 e. The lowest BCUT2D eigenvalue weighted by Gasteiger charge is -2.06. The monoisotopic (exact) mass is 207 g/mol. The van der Waals surface area contributed by atoms with Gasteiger partial charge in [0, 0.05) is 12.2 Å². The van der Waals surface area contributed by atoms with Crippen molar-refractivity contribution in [1.82, 2.24) is 14.9 Å². The summed E-state index contributed by atoms with van der Waals surface area (Å²) in [5.41, 5.74) is 2.06. The van der Waals surface area contributed by atoms with Crippen molar-refractivity contribution < 1.29 is 4.79 Å². The van der Waals surface area contributed by atoms with E-state index >= 15 is 0 Å². The predicted octanol–water partition coefficient (Wildman–Crippen LogP) is 1.03. The van der Waals surface area contributed by atoms with Crippen LogP contribution < -0.4 is 5.32 Å². The van der Waals surface area contributed by atoms with Crippen molar-refractivity contribution in [1.29, 1.82) is 0 Å². The Kier molecular flexibility index (Phi) is 2.75. The standard InChI is InChI=1S/C11H17N3O/c1-8-9(2)14(7-13-8)6-11(15)12-5-10-3-4-10/h7,10H,3-6H2,1-2H3,(H,12,15). The molecule has 1 heterocycles. The summed E-state index contributed by atoms with van der Waals surface area (Å²) >= 11 is 0. The first kappa shape index (κ1) is 10.2. The molecule has 4 heteroatoms. The summed E-state index contributed by atoms with van der Waals surface area (Å²) in [5.74, 6) is 0.821. The Morgan fingerprint density at radius 3 is 2.87 bits per heavy atom. The summed E-state index contributed by atoms with van der Waals surface area (Å²) in [6, 6.07) is 0. The van der Waals surface area contributed by atoms with E-state index in [1.165, 1.54) is 12.8 Å². The number of nitrogens with zero attached hydrogens (tertiary/aromatic N) is 2. The number of aryl methyl sites for hydroxylation is 1. The van der Waals surface area contributed by atoms with Crippen LogP contribution in [0.3, 0.4) is 0 Å². The Morgan fingerprint density at radius 2 is 2.33 bits per heavy atom. The lowest BCUT2D eigenvalue weighted by Crippen LogP contribution is -2.29. The van der Waals surface area contributed by atoms with Gasteiger partial charge < -0.3 is 9.88 Å². The van der Waals surface area contributed by atoms with Crippen LogP contribution in [0, 0.1) is 19.8 Å². The maximum absolute atomic E-state index is 11.5. The van der Waals surface area contributed by atoms with Crippen molar-refractivity contribution in [3.63, 3.8) is 0 Å². The third kappa shape index (κ3) is 2.58. The zero-order valence-corrected chi connectivity index (χ0v) is 9.29. The quantitative estimate of drug-likeness (QED) is 0.801. The highest BCUT2D eigenvalue weighted by Gasteiger charge is 2.21. The molecule has 1 aromatic rings. The minimum absolute atomic E-state index is 0.0856. The summed E-state index contributed by atoms with van der Waals surface area (Å²) in [4.78, 5) is 15.7. The average Bonchev–Trinajstić information content (AvgIpc) is 2.98. The fourth-order valence-electron chi connectivity index (χ4n) is 1.49. The van der Waals surface area contributed by atoms with Gasteiger partial charge in [-0.3, -0.25) is 4.79 Å². The summed E-state index contributed by atoms with van der Waals surface area (Å²) in [5, 5.41) is 2.94. The summed E-state index contributed by atoms with van der Waals surface area (Å²) in [6.07, 6.45) is 4.26. The molecule has 1 aliphatic rings. The van der Waals surface area contributed by atoms with Crippen molar-refractivity contribution in [3.8, 4) is 0 Å². The number of aromatic nitrogens is 2. The van der Waals surface area contributed by atoms with Crippen molar-refractivity contribution >= 4 is 5.91 Å².